The largest absolute Gasteiger partial charge is 0.296 e. The summed E-state index contributed by atoms with van der Waals surface area (Å²) in [5.41, 5.74) is 2.88. The monoisotopic (exact) mass is 376 g/mol. The summed E-state index contributed by atoms with van der Waals surface area (Å²) < 4.78 is 1.64. The first-order valence-electron chi connectivity index (χ1n) is 8.28. The fourth-order valence-corrected chi connectivity index (χ4v) is 3.48. The first-order valence-corrected chi connectivity index (χ1v) is 9.10. The van der Waals surface area contributed by atoms with Crippen LogP contribution >= 0.6 is 11.3 Å². The molecule has 0 unspecified atom stereocenters. The van der Waals surface area contributed by atoms with Gasteiger partial charge in [-0.1, -0.05) is 12.1 Å². The van der Waals surface area contributed by atoms with Crippen LogP contribution in [0.25, 0.3) is 17.2 Å². The van der Waals surface area contributed by atoms with E-state index in [0.29, 0.717) is 16.6 Å². The van der Waals surface area contributed by atoms with E-state index in [1.165, 1.54) is 17.5 Å². The number of aromatic nitrogens is 5. The van der Waals surface area contributed by atoms with Gasteiger partial charge in [-0.05, 0) is 38.1 Å². The molecular weight excluding hydrogens is 360 g/mol. The van der Waals surface area contributed by atoms with E-state index in [1.54, 1.807) is 17.1 Å². The fourth-order valence-electron chi connectivity index (χ4n) is 2.67. The number of amides is 1. The zero-order chi connectivity index (χ0) is 18.8. The van der Waals surface area contributed by atoms with Crippen LogP contribution in [0, 0.1) is 13.8 Å². The summed E-state index contributed by atoms with van der Waals surface area (Å²) in [6.07, 6.45) is 4.74. The number of hydrogen-bond acceptors (Lipinski definition) is 6. The second kappa shape index (κ2) is 7.08. The lowest BCUT2D eigenvalue weighted by Gasteiger charge is -2.06. The Morgan fingerprint density at radius 1 is 1.11 bits per heavy atom. The van der Waals surface area contributed by atoms with Crippen LogP contribution in [0.3, 0.4) is 0 Å². The zero-order valence-corrected chi connectivity index (χ0v) is 15.6. The van der Waals surface area contributed by atoms with Gasteiger partial charge >= 0.3 is 0 Å². The van der Waals surface area contributed by atoms with Gasteiger partial charge in [-0.2, -0.15) is 0 Å². The molecule has 1 N–H and O–H groups in total. The zero-order valence-electron chi connectivity index (χ0n) is 14.7. The van der Waals surface area contributed by atoms with Crippen molar-refractivity contribution in [3.8, 4) is 17.2 Å². The summed E-state index contributed by atoms with van der Waals surface area (Å²) in [5, 5.41) is 3.37. The molecule has 0 saturated heterocycles. The van der Waals surface area contributed by atoms with Gasteiger partial charge in [0.15, 0.2) is 5.13 Å². The molecule has 0 spiro atoms. The molecule has 0 saturated carbocycles. The Bertz CT molecular complexity index is 1100. The molecule has 0 aliphatic heterocycles. The van der Waals surface area contributed by atoms with E-state index in [2.05, 4.69) is 25.3 Å². The number of hydrogen-bond donors (Lipinski definition) is 1. The molecule has 0 fully saturated rings. The first kappa shape index (κ1) is 17.0. The summed E-state index contributed by atoms with van der Waals surface area (Å²) in [6.45, 7) is 3.90. The van der Waals surface area contributed by atoms with Crippen molar-refractivity contribution in [1.82, 2.24) is 24.5 Å². The third-order valence-electron chi connectivity index (χ3n) is 3.92. The fraction of sp³-hybridized carbons (Fsp3) is 0.105. The summed E-state index contributed by atoms with van der Waals surface area (Å²) in [7, 11) is 0. The molecule has 4 heterocycles. The highest BCUT2D eigenvalue weighted by molar-refractivity contribution is 7.16. The van der Waals surface area contributed by atoms with Crippen molar-refractivity contribution in [2.24, 2.45) is 0 Å². The number of anilines is 1. The van der Waals surface area contributed by atoms with Gasteiger partial charge < -0.3 is 0 Å². The van der Waals surface area contributed by atoms with Crippen LogP contribution in [0.15, 0.2) is 55.1 Å². The summed E-state index contributed by atoms with van der Waals surface area (Å²) >= 11 is 1.41. The van der Waals surface area contributed by atoms with E-state index < -0.39 is 0 Å². The van der Waals surface area contributed by atoms with Gasteiger partial charge in [-0.3, -0.25) is 19.7 Å². The van der Waals surface area contributed by atoms with Crippen molar-refractivity contribution in [3.63, 3.8) is 0 Å². The molecule has 0 atom stereocenters. The van der Waals surface area contributed by atoms with Crippen LogP contribution in [0.1, 0.15) is 21.1 Å². The van der Waals surface area contributed by atoms with E-state index in [4.69, 9.17) is 0 Å². The van der Waals surface area contributed by atoms with E-state index in [1.807, 2.05) is 50.2 Å². The Morgan fingerprint density at radius 2 is 2.00 bits per heavy atom. The van der Waals surface area contributed by atoms with Crippen molar-refractivity contribution < 1.29 is 4.79 Å². The molecule has 0 aromatic carbocycles. The molecule has 27 heavy (non-hydrogen) atoms. The Hall–Kier alpha value is -3.39. The van der Waals surface area contributed by atoms with Gasteiger partial charge in [-0.15, -0.1) is 11.3 Å². The number of rotatable bonds is 4. The third-order valence-corrected chi connectivity index (χ3v) is 4.80. The number of nitrogens with zero attached hydrogens (tertiary/aromatic N) is 5. The van der Waals surface area contributed by atoms with Gasteiger partial charge in [0.05, 0.1) is 11.9 Å². The van der Waals surface area contributed by atoms with Gasteiger partial charge in [-0.25, -0.2) is 15.0 Å². The molecule has 1 amide bonds. The van der Waals surface area contributed by atoms with Gasteiger partial charge in [0, 0.05) is 16.8 Å². The van der Waals surface area contributed by atoms with E-state index in [-0.39, 0.29) is 5.91 Å². The number of carbonyl (C=O) groups is 1. The Labute approximate surface area is 159 Å². The second-order valence-electron chi connectivity index (χ2n) is 5.88. The standard InChI is InChI=1S/C19H16N6OS/c1-12-6-5-7-14(22-12)17-13(2)27-19(23-17)24-18(26)15-10-20-11-25(15)16-8-3-4-9-21-16/h3-11H,1-2H3,(H,23,24,26). The van der Waals surface area contributed by atoms with Crippen molar-refractivity contribution >= 4 is 22.4 Å². The lowest BCUT2D eigenvalue weighted by Crippen LogP contribution is -2.16. The maximum absolute atomic E-state index is 12.7. The summed E-state index contributed by atoms with van der Waals surface area (Å²) in [5.74, 6) is 0.329. The Balaban J connectivity index is 1.60. The molecule has 0 aliphatic carbocycles. The first-order chi connectivity index (χ1) is 13.1. The van der Waals surface area contributed by atoms with Gasteiger partial charge in [0.2, 0.25) is 0 Å². The molecule has 0 radical (unpaired) electrons. The number of thiazole rings is 1. The number of carbonyl (C=O) groups excluding carboxylic acids is 1. The van der Waals surface area contributed by atoms with Crippen molar-refractivity contribution in [2.75, 3.05) is 5.32 Å². The number of aryl methyl sites for hydroxylation is 2. The quantitative estimate of drug-likeness (QED) is 0.587. The lowest BCUT2D eigenvalue weighted by atomic mass is 10.2. The van der Waals surface area contributed by atoms with Crippen LogP contribution in [-0.2, 0) is 0 Å². The smallest absolute Gasteiger partial charge is 0.276 e. The summed E-state index contributed by atoms with van der Waals surface area (Å²) in [6, 6.07) is 11.3. The third kappa shape index (κ3) is 3.47. The van der Waals surface area contributed by atoms with Crippen LogP contribution in [-0.4, -0.2) is 30.4 Å². The molecule has 0 aliphatic rings. The highest BCUT2D eigenvalue weighted by atomic mass is 32.1. The van der Waals surface area contributed by atoms with E-state index in [0.717, 1.165) is 22.0 Å². The van der Waals surface area contributed by atoms with E-state index >= 15 is 0 Å². The molecule has 7 nitrogen and oxygen atoms in total. The highest BCUT2D eigenvalue weighted by Gasteiger charge is 2.17. The van der Waals surface area contributed by atoms with Crippen LogP contribution in [0.5, 0.6) is 0 Å². The average Bonchev–Trinajstić information content (AvgIpc) is 3.29. The minimum atomic E-state index is -0.296. The van der Waals surface area contributed by atoms with Crippen molar-refractivity contribution in [2.45, 2.75) is 13.8 Å². The van der Waals surface area contributed by atoms with Crippen LogP contribution < -0.4 is 5.32 Å². The topological polar surface area (TPSA) is 85.6 Å². The van der Waals surface area contributed by atoms with Crippen molar-refractivity contribution in [1.29, 1.82) is 0 Å². The predicted octanol–water partition coefficient (Wildman–Crippen LogP) is 3.65. The maximum atomic E-state index is 12.7. The number of pyridine rings is 2. The molecule has 0 bridgehead atoms. The molecule has 8 heteroatoms. The Morgan fingerprint density at radius 3 is 2.78 bits per heavy atom. The molecule has 134 valence electrons. The molecular formula is C19H16N6OS. The molecule has 4 rings (SSSR count). The number of nitrogens with one attached hydrogen (secondary N) is 1. The SMILES string of the molecule is Cc1cccc(-c2nc(NC(=O)c3cncn3-c3ccccn3)sc2C)n1. The molecule has 4 aromatic heterocycles. The van der Waals surface area contributed by atoms with Crippen molar-refractivity contribution in [3.05, 3.63) is 71.4 Å². The highest BCUT2D eigenvalue weighted by Crippen LogP contribution is 2.29. The predicted molar refractivity (Wildman–Crippen MR) is 104 cm³/mol. The van der Waals surface area contributed by atoms with Gasteiger partial charge in [0.25, 0.3) is 5.91 Å². The molecule has 4 aromatic rings. The normalized spacial score (nSPS) is 10.7. The van der Waals surface area contributed by atoms with Crippen LogP contribution in [0.2, 0.25) is 0 Å². The van der Waals surface area contributed by atoms with Crippen LogP contribution in [0.4, 0.5) is 5.13 Å². The maximum Gasteiger partial charge on any atom is 0.276 e. The second-order valence-corrected chi connectivity index (χ2v) is 7.08. The average molecular weight is 376 g/mol. The number of imidazole rings is 1. The minimum Gasteiger partial charge on any atom is -0.296 e. The van der Waals surface area contributed by atoms with Gasteiger partial charge in [0.1, 0.15) is 23.5 Å². The lowest BCUT2D eigenvalue weighted by molar-refractivity contribution is 0.102. The Kier molecular flexibility index (Phi) is 4.47. The van der Waals surface area contributed by atoms with E-state index in [9.17, 15) is 4.79 Å². The summed E-state index contributed by atoms with van der Waals surface area (Å²) in [4.78, 5) is 31.1. The minimum absolute atomic E-state index is 0.296.